The van der Waals surface area contributed by atoms with Gasteiger partial charge in [-0.1, -0.05) is 48.5 Å². The molecule has 9 heteroatoms. The van der Waals surface area contributed by atoms with Gasteiger partial charge in [0.15, 0.2) is 24.7 Å². The van der Waals surface area contributed by atoms with Crippen LogP contribution in [0.1, 0.15) is 37.7 Å². The van der Waals surface area contributed by atoms with Crippen molar-refractivity contribution < 1.29 is 23.8 Å². The van der Waals surface area contributed by atoms with E-state index in [-0.39, 0.29) is 25.2 Å². The van der Waals surface area contributed by atoms with Crippen LogP contribution in [0.2, 0.25) is 10.0 Å². The van der Waals surface area contributed by atoms with Gasteiger partial charge in [0, 0.05) is 17.6 Å². The zero-order chi connectivity index (χ0) is 23.8. The van der Waals surface area contributed by atoms with Gasteiger partial charge in [0.2, 0.25) is 0 Å². The molecule has 1 saturated carbocycles. The number of ether oxygens (including phenoxy) is 3. The van der Waals surface area contributed by atoms with Crippen LogP contribution in [-0.4, -0.2) is 43.1 Å². The molecule has 7 nitrogen and oxygen atoms in total. The van der Waals surface area contributed by atoms with E-state index in [0.29, 0.717) is 33.8 Å². The maximum atomic E-state index is 13.2. The number of benzene rings is 2. The second kappa shape index (κ2) is 12.0. The molecule has 2 aromatic rings. The van der Waals surface area contributed by atoms with Gasteiger partial charge in [0.1, 0.15) is 5.75 Å². The number of primary amides is 1. The molecule has 0 heterocycles. The molecule has 2 aromatic carbocycles. The first-order chi connectivity index (χ1) is 15.9. The van der Waals surface area contributed by atoms with Gasteiger partial charge in [-0.25, -0.2) is 0 Å². The Morgan fingerprint density at radius 3 is 2.33 bits per heavy atom. The van der Waals surface area contributed by atoms with Gasteiger partial charge in [-0.2, -0.15) is 0 Å². The lowest BCUT2D eigenvalue weighted by Gasteiger charge is -2.34. The minimum absolute atomic E-state index is 0.124. The minimum Gasteiger partial charge on any atom is -0.493 e. The van der Waals surface area contributed by atoms with Crippen molar-refractivity contribution >= 4 is 35.0 Å². The molecule has 0 radical (unpaired) electrons. The molecule has 1 fully saturated rings. The SMILES string of the molecule is COc1cc(CN(C(=O)COc2ccc(Cl)cc2Cl)C2CCCCC2)ccc1OCC(N)=O. The normalized spacial score (nSPS) is 13.9. The lowest BCUT2D eigenvalue weighted by Crippen LogP contribution is -2.43. The minimum atomic E-state index is -0.573. The van der Waals surface area contributed by atoms with E-state index in [1.165, 1.54) is 13.5 Å². The van der Waals surface area contributed by atoms with Crippen molar-refractivity contribution in [1.82, 2.24) is 4.90 Å². The number of carbonyl (C=O) groups is 2. The van der Waals surface area contributed by atoms with E-state index in [2.05, 4.69) is 0 Å². The van der Waals surface area contributed by atoms with Gasteiger partial charge in [0.25, 0.3) is 11.8 Å². The van der Waals surface area contributed by atoms with Crippen LogP contribution in [0, 0.1) is 0 Å². The Bertz CT molecular complexity index is 979. The highest BCUT2D eigenvalue weighted by Crippen LogP contribution is 2.31. The summed E-state index contributed by atoms with van der Waals surface area (Å²) in [6.07, 6.45) is 5.24. The topological polar surface area (TPSA) is 91.1 Å². The van der Waals surface area contributed by atoms with Gasteiger partial charge in [-0.05, 0) is 48.7 Å². The Morgan fingerprint density at radius 2 is 1.67 bits per heavy atom. The lowest BCUT2D eigenvalue weighted by atomic mass is 9.93. The third kappa shape index (κ3) is 7.17. The Hall–Kier alpha value is -2.64. The van der Waals surface area contributed by atoms with Gasteiger partial charge in [0.05, 0.1) is 12.1 Å². The van der Waals surface area contributed by atoms with E-state index in [0.717, 1.165) is 31.2 Å². The van der Waals surface area contributed by atoms with Crippen molar-refractivity contribution in [3.05, 3.63) is 52.0 Å². The van der Waals surface area contributed by atoms with E-state index < -0.39 is 5.91 Å². The summed E-state index contributed by atoms with van der Waals surface area (Å²) in [6.45, 7) is 0.0233. The highest BCUT2D eigenvalue weighted by atomic mass is 35.5. The molecule has 0 aromatic heterocycles. The summed E-state index contributed by atoms with van der Waals surface area (Å²) in [5, 5.41) is 0.857. The maximum absolute atomic E-state index is 13.2. The second-order valence-corrected chi connectivity index (χ2v) is 8.76. The second-order valence-electron chi connectivity index (χ2n) is 7.92. The van der Waals surface area contributed by atoms with Crippen LogP contribution in [0.5, 0.6) is 17.2 Å². The van der Waals surface area contributed by atoms with Gasteiger partial charge in [-0.3, -0.25) is 9.59 Å². The van der Waals surface area contributed by atoms with Crippen molar-refractivity contribution in [3.8, 4) is 17.2 Å². The van der Waals surface area contributed by atoms with Crippen molar-refractivity contribution in [2.45, 2.75) is 44.7 Å². The number of hydrogen-bond donors (Lipinski definition) is 1. The number of halogens is 2. The molecule has 2 amide bonds. The van der Waals surface area contributed by atoms with Crippen LogP contribution >= 0.6 is 23.2 Å². The van der Waals surface area contributed by atoms with Crippen molar-refractivity contribution in [1.29, 1.82) is 0 Å². The third-order valence-electron chi connectivity index (χ3n) is 5.53. The molecule has 178 valence electrons. The number of hydrogen-bond acceptors (Lipinski definition) is 5. The molecule has 0 aliphatic heterocycles. The molecule has 1 aliphatic rings. The van der Waals surface area contributed by atoms with Crippen LogP contribution in [-0.2, 0) is 16.1 Å². The molecule has 0 unspecified atom stereocenters. The number of carbonyl (C=O) groups excluding carboxylic acids is 2. The Balaban J connectivity index is 1.74. The third-order valence-corrected chi connectivity index (χ3v) is 6.06. The first-order valence-electron chi connectivity index (χ1n) is 10.8. The molecular weight excluding hydrogens is 467 g/mol. The fraction of sp³-hybridized carbons (Fsp3) is 0.417. The molecule has 3 rings (SSSR count). The monoisotopic (exact) mass is 494 g/mol. The summed E-state index contributed by atoms with van der Waals surface area (Å²) in [5.41, 5.74) is 6.03. The average Bonchev–Trinajstić information content (AvgIpc) is 2.81. The molecule has 0 atom stereocenters. The highest BCUT2D eigenvalue weighted by molar-refractivity contribution is 6.35. The first kappa shape index (κ1) is 25.0. The van der Waals surface area contributed by atoms with Crippen LogP contribution in [0.25, 0.3) is 0 Å². The smallest absolute Gasteiger partial charge is 0.261 e. The molecular formula is C24H28Cl2N2O5. The molecule has 0 saturated heterocycles. The van der Waals surface area contributed by atoms with Crippen LogP contribution in [0.4, 0.5) is 0 Å². The number of rotatable bonds is 10. The van der Waals surface area contributed by atoms with Crippen molar-refractivity contribution in [3.63, 3.8) is 0 Å². The van der Waals surface area contributed by atoms with E-state index in [1.54, 1.807) is 30.3 Å². The fourth-order valence-electron chi connectivity index (χ4n) is 3.90. The van der Waals surface area contributed by atoms with E-state index in [4.69, 9.17) is 43.1 Å². The van der Waals surface area contributed by atoms with Gasteiger partial charge >= 0.3 is 0 Å². The molecule has 2 N–H and O–H groups in total. The summed E-state index contributed by atoms with van der Waals surface area (Å²) >= 11 is 12.1. The molecule has 0 bridgehead atoms. The summed E-state index contributed by atoms with van der Waals surface area (Å²) in [7, 11) is 1.52. The highest BCUT2D eigenvalue weighted by Gasteiger charge is 2.26. The standard InChI is InChI=1S/C24H28Cl2N2O5/c1-31-22-11-16(7-9-21(22)32-14-23(27)29)13-28(18-5-3-2-4-6-18)24(30)15-33-20-10-8-17(25)12-19(20)26/h7-12,18H,2-6,13-15H2,1H3,(H2,27,29). The summed E-state index contributed by atoms with van der Waals surface area (Å²) in [5.74, 6) is 0.595. The first-order valence-corrected chi connectivity index (χ1v) is 11.6. The largest absolute Gasteiger partial charge is 0.493 e. The number of methoxy groups -OCH3 is 1. The van der Waals surface area contributed by atoms with Gasteiger partial charge < -0.3 is 24.8 Å². The number of amides is 2. The predicted molar refractivity (Wildman–Crippen MR) is 127 cm³/mol. The number of nitrogens with zero attached hydrogens (tertiary/aromatic N) is 1. The van der Waals surface area contributed by atoms with Crippen LogP contribution in [0.15, 0.2) is 36.4 Å². The lowest BCUT2D eigenvalue weighted by molar-refractivity contribution is -0.137. The average molecular weight is 495 g/mol. The van der Waals surface area contributed by atoms with Gasteiger partial charge in [-0.15, -0.1) is 0 Å². The predicted octanol–water partition coefficient (Wildman–Crippen LogP) is 4.61. The van der Waals surface area contributed by atoms with E-state index in [1.807, 2.05) is 11.0 Å². The van der Waals surface area contributed by atoms with Crippen LogP contribution in [0.3, 0.4) is 0 Å². The Kier molecular flexibility index (Phi) is 9.09. The van der Waals surface area contributed by atoms with E-state index >= 15 is 0 Å². The Labute approximate surface area is 203 Å². The van der Waals surface area contributed by atoms with E-state index in [9.17, 15) is 9.59 Å². The summed E-state index contributed by atoms with van der Waals surface area (Å²) < 4.78 is 16.5. The molecule has 1 aliphatic carbocycles. The zero-order valence-corrected chi connectivity index (χ0v) is 20.0. The fourth-order valence-corrected chi connectivity index (χ4v) is 4.37. The molecule has 33 heavy (non-hydrogen) atoms. The Morgan fingerprint density at radius 1 is 0.970 bits per heavy atom. The quantitative estimate of drug-likeness (QED) is 0.520. The maximum Gasteiger partial charge on any atom is 0.261 e. The van der Waals surface area contributed by atoms with Crippen LogP contribution < -0.4 is 19.9 Å². The van der Waals surface area contributed by atoms with Crippen molar-refractivity contribution in [2.75, 3.05) is 20.3 Å². The summed E-state index contributed by atoms with van der Waals surface area (Å²) in [4.78, 5) is 26.1. The number of nitrogens with two attached hydrogens (primary N) is 1. The zero-order valence-electron chi connectivity index (χ0n) is 18.5. The summed E-state index contributed by atoms with van der Waals surface area (Å²) in [6, 6.07) is 10.4. The molecule has 0 spiro atoms. The van der Waals surface area contributed by atoms with Crippen molar-refractivity contribution in [2.24, 2.45) is 5.73 Å².